The number of allylic oxidation sites excluding steroid dienone is 1. The van der Waals surface area contributed by atoms with E-state index in [9.17, 15) is 9.59 Å². The molecular formula is C36H46IN3O5. The molecule has 6 rings (SSSR count). The number of carbonyl (C=O) groups excluding carboxylic acids is 2. The first-order valence-electron chi connectivity index (χ1n) is 15.9. The highest BCUT2D eigenvalue weighted by molar-refractivity contribution is 14.1. The second-order valence-electron chi connectivity index (χ2n) is 14.1. The van der Waals surface area contributed by atoms with Crippen molar-refractivity contribution >= 4 is 45.9 Å². The number of rotatable bonds is 9. The summed E-state index contributed by atoms with van der Waals surface area (Å²) in [6.07, 6.45) is 6.41. The third-order valence-electron chi connectivity index (χ3n) is 9.57. The van der Waals surface area contributed by atoms with Crippen LogP contribution in [-0.4, -0.2) is 42.9 Å². The van der Waals surface area contributed by atoms with Gasteiger partial charge in [0.1, 0.15) is 22.6 Å². The standard InChI is InChI=1S/C36H46IN3O5/c1-20(2)26-18-25(37)11-12-28(26)39-29(32-30(43-6)9-8-10-31(32)44-7)19-27(38)33(41)40-36(34(42)45-35(3,4)5)23-14-21-13-22(16-23)17-24(36)15-21/h8-12,18-24H,13-17,38H2,1-7H3,(H,40,41). The number of ether oxygens (including phenoxy) is 3. The summed E-state index contributed by atoms with van der Waals surface area (Å²) in [5.41, 5.74) is 7.57. The Balaban J connectivity index is 1.60. The molecule has 2 aromatic rings. The van der Waals surface area contributed by atoms with E-state index in [1.807, 2.05) is 51.1 Å². The lowest BCUT2D eigenvalue weighted by Gasteiger charge is -2.59. The van der Waals surface area contributed by atoms with Crippen LogP contribution in [0.3, 0.4) is 0 Å². The minimum absolute atomic E-state index is 0.0168. The van der Waals surface area contributed by atoms with Gasteiger partial charge in [-0.15, -0.1) is 0 Å². The van der Waals surface area contributed by atoms with Crippen molar-refractivity contribution in [3.05, 3.63) is 62.9 Å². The molecule has 4 fully saturated rings. The summed E-state index contributed by atoms with van der Waals surface area (Å²) < 4.78 is 18.6. The average Bonchev–Trinajstić information content (AvgIpc) is 2.97. The highest BCUT2D eigenvalue weighted by Crippen LogP contribution is 2.59. The Kier molecular flexibility index (Phi) is 9.59. The van der Waals surface area contributed by atoms with Crippen molar-refractivity contribution < 1.29 is 23.8 Å². The van der Waals surface area contributed by atoms with E-state index >= 15 is 0 Å². The van der Waals surface area contributed by atoms with Crippen LogP contribution in [0.1, 0.15) is 83.8 Å². The zero-order valence-corrected chi connectivity index (χ0v) is 29.6. The van der Waals surface area contributed by atoms with Gasteiger partial charge in [-0.3, -0.25) is 4.79 Å². The van der Waals surface area contributed by atoms with Gasteiger partial charge >= 0.3 is 5.97 Å². The molecule has 9 heteroatoms. The summed E-state index contributed by atoms with van der Waals surface area (Å²) in [5.74, 6) is 1.61. The number of hydrogen-bond donors (Lipinski definition) is 2. The fourth-order valence-electron chi connectivity index (χ4n) is 7.83. The largest absolute Gasteiger partial charge is 0.496 e. The van der Waals surface area contributed by atoms with Gasteiger partial charge in [-0.05, 0) is 147 Å². The van der Waals surface area contributed by atoms with Crippen molar-refractivity contribution in [2.24, 2.45) is 34.4 Å². The van der Waals surface area contributed by atoms with Crippen molar-refractivity contribution in [1.29, 1.82) is 0 Å². The van der Waals surface area contributed by atoms with E-state index in [2.05, 4.69) is 47.8 Å². The quantitative estimate of drug-likeness (QED) is 0.124. The summed E-state index contributed by atoms with van der Waals surface area (Å²) in [6.45, 7) is 9.83. The third-order valence-corrected chi connectivity index (χ3v) is 10.2. The van der Waals surface area contributed by atoms with E-state index in [0.29, 0.717) is 34.6 Å². The van der Waals surface area contributed by atoms with E-state index in [1.54, 1.807) is 20.3 Å². The number of esters is 1. The first-order chi connectivity index (χ1) is 21.2. The van der Waals surface area contributed by atoms with Gasteiger partial charge in [0.2, 0.25) is 0 Å². The molecule has 0 unspecified atom stereocenters. The van der Waals surface area contributed by atoms with Crippen LogP contribution < -0.4 is 20.5 Å². The monoisotopic (exact) mass is 727 g/mol. The lowest BCUT2D eigenvalue weighted by Crippen LogP contribution is -2.71. The molecule has 45 heavy (non-hydrogen) atoms. The molecule has 0 atom stereocenters. The molecule has 4 aliphatic rings. The number of halogens is 1. The highest BCUT2D eigenvalue weighted by Gasteiger charge is 2.63. The molecule has 0 radical (unpaired) electrons. The molecule has 8 nitrogen and oxygen atoms in total. The lowest BCUT2D eigenvalue weighted by atomic mass is 9.48. The summed E-state index contributed by atoms with van der Waals surface area (Å²) in [7, 11) is 3.16. The molecule has 0 spiro atoms. The second-order valence-corrected chi connectivity index (χ2v) is 15.4. The van der Waals surface area contributed by atoms with Gasteiger partial charge in [0.15, 0.2) is 0 Å². The summed E-state index contributed by atoms with van der Waals surface area (Å²) in [6, 6.07) is 11.5. The Labute approximate surface area is 280 Å². The molecule has 2 aromatic carbocycles. The predicted molar refractivity (Wildman–Crippen MR) is 185 cm³/mol. The third kappa shape index (κ3) is 6.74. The van der Waals surface area contributed by atoms with Crippen molar-refractivity contribution in [3.63, 3.8) is 0 Å². The molecule has 0 aliphatic heterocycles. The van der Waals surface area contributed by atoms with Gasteiger partial charge in [-0.1, -0.05) is 19.9 Å². The second kappa shape index (κ2) is 13.0. The number of benzene rings is 2. The molecule has 0 aromatic heterocycles. The summed E-state index contributed by atoms with van der Waals surface area (Å²) in [4.78, 5) is 33.3. The number of methoxy groups -OCH3 is 2. The number of hydrogen-bond acceptors (Lipinski definition) is 7. The molecule has 4 aliphatic carbocycles. The van der Waals surface area contributed by atoms with E-state index in [-0.39, 0.29) is 29.4 Å². The number of aliphatic imine (C=N–C) groups is 1. The van der Waals surface area contributed by atoms with Crippen molar-refractivity contribution in [2.75, 3.05) is 14.2 Å². The fraction of sp³-hybridized carbons (Fsp3) is 0.528. The van der Waals surface area contributed by atoms with Crippen LogP contribution in [0.2, 0.25) is 0 Å². The fourth-order valence-corrected chi connectivity index (χ4v) is 8.35. The van der Waals surface area contributed by atoms with Crippen molar-refractivity contribution in [2.45, 2.75) is 83.8 Å². The Morgan fingerprint density at radius 3 is 2.09 bits per heavy atom. The average molecular weight is 728 g/mol. The van der Waals surface area contributed by atoms with Crippen LogP contribution in [0.5, 0.6) is 11.5 Å². The molecule has 242 valence electrons. The van der Waals surface area contributed by atoms with E-state index in [1.165, 1.54) is 6.42 Å². The molecule has 4 saturated carbocycles. The van der Waals surface area contributed by atoms with Crippen LogP contribution >= 0.6 is 22.6 Å². The number of carbonyl (C=O) groups is 2. The number of nitrogens with two attached hydrogens (primary N) is 1. The van der Waals surface area contributed by atoms with Gasteiger partial charge < -0.3 is 25.3 Å². The van der Waals surface area contributed by atoms with Crippen molar-refractivity contribution in [1.82, 2.24) is 5.32 Å². The van der Waals surface area contributed by atoms with Crippen molar-refractivity contribution in [3.8, 4) is 11.5 Å². The predicted octanol–water partition coefficient (Wildman–Crippen LogP) is 7.05. The maximum Gasteiger partial charge on any atom is 0.332 e. The maximum atomic E-state index is 14.1. The number of nitrogens with zero attached hydrogens (tertiary/aromatic N) is 1. The summed E-state index contributed by atoms with van der Waals surface area (Å²) >= 11 is 2.30. The first kappa shape index (κ1) is 33.3. The smallest absolute Gasteiger partial charge is 0.332 e. The van der Waals surface area contributed by atoms with Crippen LogP contribution in [-0.2, 0) is 14.3 Å². The number of amides is 1. The van der Waals surface area contributed by atoms with Gasteiger partial charge in [0.05, 0.1) is 36.9 Å². The summed E-state index contributed by atoms with van der Waals surface area (Å²) in [5, 5.41) is 3.19. The van der Waals surface area contributed by atoms with E-state index in [4.69, 9.17) is 24.9 Å². The van der Waals surface area contributed by atoms with Gasteiger partial charge in [-0.2, -0.15) is 0 Å². The Morgan fingerprint density at radius 1 is 1.00 bits per heavy atom. The zero-order chi connectivity index (χ0) is 32.7. The van der Waals surface area contributed by atoms with Crippen LogP contribution in [0.15, 0.2) is 53.2 Å². The number of nitrogens with one attached hydrogen (secondary N) is 1. The van der Waals surface area contributed by atoms with Gasteiger partial charge in [0, 0.05) is 3.57 Å². The SMILES string of the molecule is COc1cccc(OC)c1C(C=C(N)C(=O)NC1(C(=O)OC(C)(C)C)C2CC3CC(C2)CC1C3)=Nc1ccc(I)cc1C(C)C. The molecule has 0 saturated heterocycles. The Bertz CT molecular complexity index is 1470. The topological polar surface area (TPSA) is 112 Å². The first-order valence-corrected chi connectivity index (χ1v) is 17.0. The zero-order valence-electron chi connectivity index (χ0n) is 27.4. The molecule has 0 heterocycles. The van der Waals surface area contributed by atoms with E-state index in [0.717, 1.165) is 40.5 Å². The minimum Gasteiger partial charge on any atom is -0.496 e. The van der Waals surface area contributed by atoms with Gasteiger partial charge in [-0.25, -0.2) is 9.79 Å². The Morgan fingerprint density at radius 2 is 1.58 bits per heavy atom. The molecular weight excluding hydrogens is 681 g/mol. The molecule has 4 bridgehead atoms. The maximum absolute atomic E-state index is 14.1. The van der Waals surface area contributed by atoms with Gasteiger partial charge in [0.25, 0.3) is 5.91 Å². The van der Waals surface area contributed by atoms with Crippen LogP contribution in [0.4, 0.5) is 5.69 Å². The lowest BCUT2D eigenvalue weighted by molar-refractivity contribution is -0.183. The molecule has 3 N–H and O–H groups in total. The normalized spacial score (nSPS) is 26.2. The minimum atomic E-state index is -1.11. The van der Waals surface area contributed by atoms with Crippen LogP contribution in [0, 0.1) is 27.2 Å². The Hall–Kier alpha value is -3.08. The van der Waals surface area contributed by atoms with Crippen LogP contribution in [0.25, 0.3) is 0 Å². The molecule has 1 amide bonds. The highest BCUT2D eigenvalue weighted by atomic mass is 127. The van der Waals surface area contributed by atoms with E-state index < -0.39 is 17.0 Å².